The molecule has 0 unspecified atom stereocenters. The summed E-state index contributed by atoms with van der Waals surface area (Å²) in [4.78, 5) is 0. The maximum Gasteiger partial charge on any atom is 0.306 e. The second kappa shape index (κ2) is 8.18. The van der Waals surface area contributed by atoms with Gasteiger partial charge in [0, 0.05) is 0 Å². The van der Waals surface area contributed by atoms with Crippen LogP contribution in [-0.4, -0.2) is 0 Å². The number of hydrogen-bond acceptors (Lipinski definition) is 2. The van der Waals surface area contributed by atoms with E-state index in [1.165, 1.54) is 0 Å². The van der Waals surface area contributed by atoms with Gasteiger partial charge in [-0.25, -0.2) is 0 Å². The van der Waals surface area contributed by atoms with Crippen LogP contribution in [0.2, 0.25) is 0 Å². The van der Waals surface area contributed by atoms with Crippen LogP contribution in [0.15, 0.2) is 84.9 Å². The van der Waals surface area contributed by atoms with E-state index in [1.54, 1.807) is 0 Å². The average Bonchev–Trinajstić information content (AvgIpc) is 2.68. The van der Waals surface area contributed by atoms with E-state index >= 15 is 0 Å². The van der Waals surface area contributed by atoms with Gasteiger partial charge in [0.15, 0.2) is 0 Å². The summed E-state index contributed by atoms with van der Waals surface area (Å²) in [6.07, 6.45) is 3.13. The van der Waals surface area contributed by atoms with Gasteiger partial charge in [-0.3, -0.25) is 4.57 Å². The maximum atomic E-state index is 14.0. The summed E-state index contributed by atoms with van der Waals surface area (Å²) in [5.41, 5.74) is 1.11. The molecule has 0 amide bonds. The molecule has 2 nitrogen and oxygen atoms in total. The molecule has 0 aliphatic rings. The van der Waals surface area contributed by atoms with Crippen molar-refractivity contribution in [2.45, 2.75) is 26.2 Å². The standard InChI is InChI=1S/C22H23O2P/c1-2-3-12-19-13-10-11-18-22(19)24-25(23,20-14-6-4-7-15-20)21-16-8-5-9-17-21/h4-11,13-18H,2-3,12H2,1H3. The molecule has 0 fully saturated rings. The summed E-state index contributed by atoms with van der Waals surface area (Å²) in [6, 6.07) is 26.9. The smallest absolute Gasteiger partial charge is 0.306 e. The molecule has 0 saturated carbocycles. The van der Waals surface area contributed by atoms with E-state index in [1.807, 2.05) is 78.9 Å². The van der Waals surface area contributed by atoms with Crippen LogP contribution >= 0.6 is 7.37 Å². The number of unbranched alkanes of at least 4 members (excludes halogenated alkanes) is 1. The van der Waals surface area contributed by atoms with Crippen molar-refractivity contribution < 1.29 is 9.09 Å². The molecule has 0 heterocycles. The van der Waals surface area contributed by atoms with Crippen LogP contribution in [0.4, 0.5) is 0 Å². The van der Waals surface area contributed by atoms with Gasteiger partial charge in [-0.05, 0) is 48.7 Å². The van der Waals surface area contributed by atoms with E-state index in [0.29, 0.717) is 16.4 Å². The molecule has 0 atom stereocenters. The van der Waals surface area contributed by atoms with Gasteiger partial charge in [-0.15, -0.1) is 0 Å². The zero-order valence-electron chi connectivity index (χ0n) is 14.5. The first-order valence-electron chi connectivity index (χ1n) is 8.73. The summed E-state index contributed by atoms with van der Waals surface area (Å²) >= 11 is 0. The molecule has 128 valence electrons. The third-order valence-electron chi connectivity index (χ3n) is 4.19. The minimum Gasteiger partial charge on any atom is -0.437 e. The molecular formula is C22H23O2P. The summed E-state index contributed by atoms with van der Waals surface area (Å²) in [5.74, 6) is 0.715. The number of rotatable bonds is 7. The normalized spacial score (nSPS) is 11.2. The van der Waals surface area contributed by atoms with Crippen LogP contribution in [0, 0.1) is 0 Å². The average molecular weight is 350 g/mol. The second-order valence-electron chi connectivity index (χ2n) is 6.03. The first kappa shape index (κ1) is 17.5. The van der Waals surface area contributed by atoms with Gasteiger partial charge < -0.3 is 4.52 Å². The Hall–Kier alpha value is -2.31. The van der Waals surface area contributed by atoms with Crippen molar-refractivity contribution in [3.05, 3.63) is 90.5 Å². The number of hydrogen-bond donors (Lipinski definition) is 0. The maximum absolute atomic E-state index is 14.0. The van der Waals surface area contributed by atoms with Gasteiger partial charge in [0.2, 0.25) is 0 Å². The zero-order valence-corrected chi connectivity index (χ0v) is 15.4. The molecule has 0 aliphatic heterocycles. The summed E-state index contributed by atoms with van der Waals surface area (Å²) in [6.45, 7) is 2.17. The number of aryl methyl sites for hydroxylation is 1. The molecule has 3 aromatic carbocycles. The van der Waals surface area contributed by atoms with E-state index in [4.69, 9.17) is 4.52 Å². The molecule has 0 aromatic heterocycles. The Bertz CT molecular complexity index is 801. The highest BCUT2D eigenvalue weighted by atomic mass is 31.2. The Balaban J connectivity index is 2.05. The second-order valence-corrected chi connectivity index (χ2v) is 8.34. The van der Waals surface area contributed by atoms with Crippen molar-refractivity contribution in [3.8, 4) is 5.75 Å². The molecule has 3 rings (SSSR count). The summed E-state index contributed by atoms with van der Waals surface area (Å²) in [5, 5.41) is 1.43. The molecule has 0 aliphatic carbocycles. The molecule has 0 spiro atoms. The molecule has 3 aromatic rings. The first-order chi connectivity index (χ1) is 12.2. The van der Waals surface area contributed by atoms with Crippen molar-refractivity contribution in [1.82, 2.24) is 0 Å². The van der Waals surface area contributed by atoms with Gasteiger partial charge in [-0.2, -0.15) is 0 Å². The van der Waals surface area contributed by atoms with Crippen LogP contribution in [0.5, 0.6) is 5.75 Å². The van der Waals surface area contributed by atoms with E-state index in [2.05, 4.69) is 13.0 Å². The minimum atomic E-state index is -3.21. The number of para-hydroxylation sites is 1. The Morgan fingerprint density at radius 1 is 0.760 bits per heavy atom. The van der Waals surface area contributed by atoms with E-state index < -0.39 is 7.37 Å². The van der Waals surface area contributed by atoms with Crippen molar-refractivity contribution in [3.63, 3.8) is 0 Å². The SMILES string of the molecule is CCCCc1ccccc1OP(=O)(c1ccccc1)c1ccccc1. The fourth-order valence-electron chi connectivity index (χ4n) is 2.81. The highest BCUT2D eigenvalue weighted by Gasteiger charge is 2.30. The van der Waals surface area contributed by atoms with Crippen LogP contribution < -0.4 is 15.1 Å². The van der Waals surface area contributed by atoms with Crippen LogP contribution in [-0.2, 0) is 11.0 Å². The third kappa shape index (κ3) is 4.03. The Kier molecular flexibility index (Phi) is 5.73. The minimum absolute atomic E-state index is 0.714. The molecule has 0 N–H and O–H groups in total. The first-order valence-corrected chi connectivity index (χ1v) is 10.4. The van der Waals surface area contributed by atoms with E-state index in [-0.39, 0.29) is 0 Å². The molecule has 0 bridgehead atoms. The predicted octanol–water partition coefficient (Wildman–Crippen LogP) is 5.34. The number of benzene rings is 3. The molecule has 0 radical (unpaired) electrons. The largest absolute Gasteiger partial charge is 0.437 e. The Morgan fingerprint density at radius 3 is 1.84 bits per heavy atom. The highest BCUT2D eigenvalue weighted by molar-refractivity contribution is 7.74. The van der Waals surface area contributed by atoms with Crippen LogP contribution in [0.1, 0.15) is 25.3 Å². The summed E-state index contributed by atoms with van der Waals surface area (Å²) < 4.78 is 20.2. The van der Waals surface area contributed by atoms with Crippen LogP contribution in [0.3, 0.4) is 0 Å². The van der Waals surface area contributed by atoms with Crippen molar-refractivity contribution in [2.75, 3.05) is 0 Å². The van der Waals surface area contributed by atoms with Gasteiger partial charge in [-0.1, -0.05) is 67.9 Å². The van der Waals surface area contributed by atoms with Gasteiger partial charge in [0.25, 0.3) is 0 Å². The molecule has 0 saturated heterocycles. The Labute approximate surface area is 149 Å². The fourth-order valence-corrected chi connectivity index (χ4v) is 4.90. The predicted molar refractivity (Wildman–Crippen MR) is 105 cm³/mol. The fraction of sp³-hybridized carbons (Fsp3) is 0.182. The van der Waals surface area contributed by atoms with Gasteiger partial charge >= 0.3 is 7.37 Å². The monoisotopic (exact) mass is 350 g/mol. The van der Waals surface area contributed by atoms with E-state index in [0.717, 1.165) is 24.8 Å². The third-order valence-corrected chi connectivity index (χ3v) is 6.60. The summed E-state index contributed by atoms with van der Waals surface area (Å²) in [7, 11) is -3.21. The molecule has 3 heteroatoms. The molecule has 25 heavy (non-hydrogen) atoms. The Morgan fingerprint density at radius 2 is 1.28 bits per heavy atom. The van der Waals surface area contributed by atoms with Crippen molar-refractivity contribution in [2.24, 2.45) is 0 Å². The van der Waals surface area contributed by atoms with Gasteiger partial charge in [0.05, 0.1) is 10.6 Å². The van der Waals surface area contributed by atoms with E-state index in [9.17, 15) is 4.57 Å². The van der Waals surface area contributed by atoms with Crippen LogP contribution in [0.25, 0.3) is 0 Å². The van der Waals surface area contributed by atoms with Crippen molar-refractivity contribution in [1.29, 1.82) is 0 Å². The lowest BCUT2D eigenvalue weighted by Gasteiger charge is -2.22. The lowest BCUT2D eigenvalue weighted by molar-refractivity contribution is 0.499. The zero-order chi connectivity index (χ0) is 17.5. The lowest BCUT2D eigenvalue weighted by Crippen LogP contribution is -2.20. The lowest BCUT2D eigenvalue weighted by atomic mass is 10.1. The highest BCUT2D eigenvalue weighted by Crippen LogP contribution is 2.46. The van der Waals surface area contributed by atoms with Gasteiger partial charge in [0.1, 0.15) is 5.75 Å². The quantitative estimate of drug-likeness (QED) is 0.538. The van der Waals surface area contributed by atoms with Crippen molar-refractivity contribution >= 4 is 18.0 Å². The topological polar surface area (TPSA) is 26.3 Å². The molecular weight excluding hydrogens is 327 g/mol.